The van der Waals surface area contributed by atoms with E-state index >= 15 is 0 Å². The Morgan fingerprint density at radius 1 is 1.00 bits per heavy atom. The van der Waals surface area contributed by atoms with E-state index in [0.717, 1.165) is 0 Å². The summed E-state index contributed by atoms with van der Waals surface area (Å²) in [7, 11) is 0. The molecule has 0 radical (unpaired) electrons. The topological polar surface area (TPSA) is 70.6 Å². The Labute approximate surface area is 130 Å². The first-order chi connectivity index (χ1) is 10.5. The van der Waals surface area contributed by atoms with Gasteiger partial charge in [0.25, 0.3) is 0 Å². The predicted octanol–water partition coefficient (Wildman–Crippen LogP) is 2.57. The molecule has 112 valence electrons. The number of hydrogen-bond donors (Lipinski definition) is 2. The molecule has 0 saturated carbocycles. The zero-order valence-corrected chi connectivity index (χ0v) is 12.0. The smallest absolute Gasteiger partial charge is 0.318 e. The number of hydrazone groups is 1. The van der Waals surface area contributed by atoms with Gasteiger partial charge in [-0.05, 0) is 42.0 Å². The molecule has 0 heterocycles. The third kappa shape index (κ3) is 4.68. The normalized spacial score (nSPS) is 10.5. The van der Waals surface area contributed by atoms with Gasteiger partial charge < -0.3 is 5.32 Å². The number of hydrogen-bond acceptors (Lipinski definition) is 3. The summed E-state index contributed by atoms with van der Waals surface area (Å²) in [4.78, 5) is 23.1. The largest absolute Gasteiger partial charge is 0.329 e. The van der Waals surface area contributed by atoms with Gasteiger partial charge in [-0.3, -0.25) is 9.59 Å². The fourth-order valence-electron chi connectivity index (χ4n) is 1.49. The number of benzene rings is 2. The summed E-state index contributed by atoms with van der Waals surface area (Å²) in [5.74, 6) is -2.27. The average molecular weight is 320 g/mol. The number of halogens is 2. The summed E-state index contributed by atoms with van der Waals surface area (Å²) in [5.41, 5.74) is 3.11. The molecule has 0 aromatic heterocycles. The number of rotatable bonds is 3. The predicted molar refractivity (Wildman–Crippen MR) is 82.2 cm³/mol. The van der Waals surface area contributed by atoms with Gasteiger partial charge in [0.1, 0.15) is 5.82 Å². The Balaban J connectivity index is 1.87. The van der Waals surface area contributed by atoms with Crippen molar-refractivity contribution in [3.8, 4) is 0 Å². The third-order valence-electron chi connectivity index (χ3n) is 2.56. The van der Waals surface area contributed by atoms with Crippen molar-refractivity contribution in [2.45, 2.75) is 0 Å². The maximum atomic E-state index is 12.7. The Hall–Kier alpha value is -2.73. The number of anilines is 1. The lowest BCUT2D eigenvalue weighted by Crippen LogP contribution is -2.32. The summed E-state index contributed by atoms with van der Waals surface area (Å²) < 4.78 is 12.7. The first kappa shape index (κ1) is 15.7. The molecule has 0 spiro atoms. The summed E-state index contributed by atoms with van der Waals surface area (Å²) in [6.45, 7) is 0. The van der Waals surface area contributed by atoms with Crippen LogP contribution < -0.4 is 10.7 Å². The second-order valence-electron chi connectivity index (χ2n) is 4.21. The summed E-state index contributed by atoms with van der Waals surface area (Å²) in [6, 6.07) is 11.8. The molecular formula is C15H11ClFN3O2. The van der Waals surface area contributed by atoms with Crippen LogP contribution in [-0.4, -0.2) is 18.0 Å². The maximum Gasteiger partial charge on any atom is 0.329 e. The molecular weight excluding hydrogens is 309 g/mol. The van der Waals surface area contributed by atoms with Gasteiger partial charge in [-0.2, -0.15) is 5.10 Å². The van der Waals surface area contributed by atoms with Crippen LogP contribution in [0.5, 0.6) is 0 Å². The van der Waals surface area contributed by atoms with Crippen molar-refractivity contribution in [1.29, 1.82) is 0 Å². The van der Waals surface area contributed by atoms with E-state index in [1.165, 1.54) is 30.5 Å². The highest BCUT2D eigenvalue weighted by Gasteiger charge is 2.12. The van der Waals surface area contributed by atoms with Gasteiger partial charge in [0.15, 0.2) is 0 Å². The zero-order chi connectivity index (χ0) is 15.9. The van der Waals surface area contributed by atoms with E-state index in [4.69, 9.17) is 11.6 Å². The molecule has 7 heteroatoms. The Morgan fingerprint density at radius 2 is 1.64 bits per heavy atom. The number of amides is 2. The van der Waals surface area contributed by atoms with Gasteiger partial charge in [-0.15, -0.1) is 0 Å². The van der Waals surface area contributed by atoms with Crippen LogP contribution in [0.2, 0.25) is 5.02 Å². The SMILES string of the molecule is O=C(N/N=C/c1ccc(Cl)cc1)C(=O)Nc1ccc(F)cc1. The fraction of sp³-hybridized carbons (Fsp3) is 0. The number of carbonyl (C=O) groups is 2. The minimum absolute atomic E-state index is 0.309. The molecule has 5 nitrogen and oxygen atoms in total. The van der Waals surface area contributed by atoms with Gasteiger partial charge in [-0.25, -0.2) is 9.82 Å². The highest BCUT2D eigenvalue weighted by Crippen LogP contribution is 2.08. The molecule has 22 heavy (non-hydrogen) atoms. The van der Waals surface area contributed by atoms with Gasteiger partial charge in [-0.1, -0.05) is 23.7 Å². The van der Waals surface area contributed by atoms with Crippen molar-refractivity contribution in [2.75, 3.05) is 5.32 Å². The molecule has 0 aliphatic heterocycles. The molecule has 2 amide bonds. The Kier molecular flexibility index (Phi) is 5.21. The Bertz CT molecular complexity index is 700. The van der Waals surface area contributed by atoms with Crippen LogP contribution in [-0.2, 0) is 9.59 Å². The van der Waals surface area contributed by atoms with E-state index in [9.17, 15) is 14.0 Å². The minimum atomic E-state index is -0.936. The quantitative estimate of drug-likeness (QED) is 0.518. The molecule has 2 aromatic carbocycles. The van der Waals surface area contributed by atoms with E-state index < -0.39 is 17.6 Å². The summed E-state index contributed by atoms with van der Waals surface area (Å²) in [6.07, 6.45) is 1.37. The van der Waals surface area contributed by atoms with E-state index in [-0.39, 0.29) is 0 Å². The van der Waals surface area contributed by atoms with Gasteiger partial charge >= 0.3 is 11.8 Å². The zero-order valence-electron chi connectivity index (χ0n) is 11.2. The standard InChI is InChI=1S/C15H11ClFN3O2/c16-11-3-1-10(2-4-11)9-18-20-15(22)14(21)19-13-7-5-12(17)6-8-13/h1-9H,(H,19,21)(H,20,22)/b18-9+. The van der Waals surface area contributed by atoms with Crippen LogP contribution in [0, 0.1) is 5.82 Å². The molecule has 2 rings (SSSR count). The summed E-state index contributed by atoms with van der Waals surface area (Å²) >= 11 is 5.73. The lowest BCUT2D eigenvalue weighted by atomic mass is 10.2. The van der Waals surface area contributed by atoms with E-state index in [2.05, 4.69) is 15.8 Å². The van der Waals surface area contributed by atoms with Crippen LogP contribution in [0.3, 0.4) is 0 Å². The van der Waals surface area contributed by atoms with E-state index in [1.54, 1.807) is 24.3 Å². The molecule has 0 bridgehead atoms. The van der Waals surface area contributed by atoms with Crippen molar-refractivity contribution < 1.29 is 14.0 Å². The third-order valence-corrected chi connectivity index (χ3v) is 2.81. The van der Waals surface area contributed by atoms with E-state index in [1.807, 2.05) is 0 Å². The molecule has 0 aliphatic rings. The Morgan fingerprint density at radius 3 is 2.27 bits per heavy atom. The lowest BCUT2D eigenvalue weighted by Gasteiger charge is -2.03. The maximum absolute atomic E-state index is 12.7. The molecule has 0 unspecified atom stereocenters. The number of nitrogens with one attached hydrogen (secondary N) is 2. The molecule has 0 atom stereocenters. The van der Waals surface area contributed by atoms with Crippen LogP contribution in [0.1, 0.15) is 5.56 Å². The second kappa shape index (κ2) is 7.33. The molecule has 0 saturated heterocycles. The van der Waals surface area contributed by atoms with Gasteiger partial charge in [0.2, 0.25) is 0 Å². The van der Waals surface area contributed by atoms with Crippen molar-refractivity contribution in [3.05, 3.63) is 64.9 Å². The van der Waals surface area contributed by atoms with Crippen molar-refractivity contribution in [2.24, 2.45) is 5.10 Å². The fourth-order valence-corrected chi connectivity index (χ4v) is 1.61. The first-order valence-corrected chi connectivity index (χ1v) is 6.58. The molecule has 2 N–H and O–H groups in total. The average Bonchev–Trinajstić information content (AvgIpc) is 2.51. The van der Waals surface area contributed by atoms with Gasteiger partial charge in [0, 0.05) is 10.7 Å². The monoisotopic (exact) mass is 319 g/mol. The van der Waals surface area contributed by atoms with Gasteiger partial charge in [0.05, 0.1) is 6.21 Å². The van der Waals surface area contributed by atoms with Crippen molar-refractivity contribution in [3.63, 3.8) is 0 Å². The van der Waals surface area contributed by atoms with Crippen molar-refractivity contribution >= 4 is 35.3 Å². The second-order valence-corrected chi connectivity index (χ2v) is 4.65. The van der Waals surface area contributed by atoms with Crippen LogP contribution in [0.15, 0.2) is 53.6 Å². The van der Waals surface area contributed by atoms with Crippen molar-refractivity contribution in [1.82, 2.24) is 5.43 Å². The highest BCUT2D eigenvalue weighted by atomic mass is 35.5. The highest BCUT2D eigenvalue weighted by molar-refractivity contribution is 6.39. The lowest BCUT2D eigenvalue weighted by molar-refractivity contribution is -0.136. The summed E-state index contributed by atoms with van der Waals surface area (Å²) in [5, 5.41) is 6.56. The number of nitrogens with zero attached hydrogens (tertiary/aromatic N) is 1. The van der Waals surface area contributed by atoms with E-state index in [0.29, 0.717) is 16.3 Å². The van der Waals surface area contributed by atoms with Crippen LogP contribution >= 0.6 is 11.6 Å². The minimum Gasteiger partial charge on any atom is -0.318 e. The van der Waals surface area contributed by atoms with Crippen LogP contribution in [0.25, 0.3) is 0 Å². The molecule has 0 fully saturated rings. The molecule has 2 aromatic rings. The molecule has 0 aliphatic carbocycles. The number of carbonyl (C=O) groups excluding carboxylic acids is 2. The van der Waals surface area contributed by atoms with Crippen LogP contribution in [0.4, 0.5) is 10.1 Å². The first-order valence-electron chi connectivity index (χ1n) is 6.20.